The molecule has 0 spiro atoms. The topological polar surface area (TPSA) is 39.1 Å². The third kappa shape index (κ3) is 4.26. The summed E-state index contributed by atoms with van der Waals surface area (Å²) in [6, 6.07) is 16.7. The summed E-state index contributed by atoms with van der Waals surface area (Å²) in [6.07, 6.45) is 1.87. The molecule has 0 aliphatic carbocycles. The molecule has 4 nitrogen and oxygen atoms in total. The van der Waals surface area contributed by atoms with Gasteiger partial charge in [-0.05, 0) is 43.7 Å². The van der Waals surface area contributed by atoms with Gasteiger partial charge in [-0.1, -0.05) is 30.3 Å². The molecule has 1 N–H and O–H groups in total. The van der Waals surface area contributed by atoms with E-state index in [4.69, 9.17) is 0 Å². The monoisotopic (exact) mass is 357 g/mol. The fourth-order valence-corrected chi connectivity index (χ4v) is 2.85. The normalized spacial score (nSPS) is 12.3. The van der Waals surface area contributed by atoms with E-state index in [2.05, 4.69) is 22.1 Å². The SMILES string of the molecule is Cc1c(C(C)NCc2ccc(OC(F)F)cc2)cnn1-c1ccccc1. The van der Waals surface area contributed by atoms with Crippen molar-refractivity contribution in [2.45, 2.75) is 33.0 Å². The Morgan fingerprint density at radius 3 is 2.42 bits per heavy atom. The van der Waals surface area contributed by atoms with Gasteiger partial charge >= 0.3 is 6.61 Å². The Bertz CT molecular complexity index is 832. The first-order valence-electron chi connectivity index (χ1n) is 8.41. The summed E-state index contributed by atoms with van der Waals surface area (Å²) in [5.41, 5.74) is 4.22. The van der Waals surface area contributed by atoms with Crippen LogP contribution in [0.1, 0.15) is 29.8 Å². The molecule has 3 rings (SSSR count). The van der Waals surface area contributed by atoms with E-state index < -0.39 is 6.61 Å². The van der Waals surface area contributed by atoms with Crippen LogP contribution < -0.4 is 10.1 Å². The van der Waals surface area contributed by atoms with Gasteiger partial charge in [-0.3, -0.25) is 0 Å². The zero-order chi connectivity index (χ0) is 18.5. The number of alkyl halides is 2. The second-order valence-electron chi connectivity index (χ2n) is 6.06. The van der Waals surface area contributed by atoms with Crippen molar-refractivity contribution >= 4 is 0 Å². The Balaban J connectivity index is 1.64. The van der Waals surface area contributed by atoms with E-state index in [9.17, 15) is 8.78 Å². The minimum absolute atomic E-state index is 0.101. The summed E-state index contributed by atoms with van der Waals surface area (Å²) in [5, 5.41) is 7.93. The maximum Gasteiger partial charge on any atom is 0.387 e. The van der Waals surface area contributed by atoms with Gasteiger partial charge in [0.15, 0.2) is 0 Å². The Hall–Kier alpha value is -2.73. The predicted molar refractivity (Wildman–Crippen MR) is 96.6 cm³/mol. The number of nitrogens with zero attached hydrogens (tertiary/aromatic N) is 2. The van der Waals surface area contributed by atoms with Crippen molar-refractivity contribution in [3.05, 3.63) is 77.6 Å². The number of halogens is 2. The number of hydrogen-bond acceptors (Lipinski definition) is 3. The van der Waals surface area contributed by atoms with E-state index in [1.807, 2.05) is 48.1 Å². The molecule has 26 heavy (non-hydrogen) atoms. The molecule has 2 aromatic carbocycles. The zero-order valence-corrected chi connectivity index (χ0v) is 14.7. The number of benzene rings is 2. The average molecular weight is 357 g/mol. The molecule has 0 saturated heterocycles. The molecular weight excluding hydrogens is 336 g/mol. The third-order valence-corrected chi connectivity index (χ3v) is 4.28. The van der Waals surface area contributed by atoms with Gasteiger partial charge in [0.25, 0.3) is 0 Å². The molecule has 0 fully saturated rings. The van der Waals surface area contributed by atoms with Crippen LogP contribution in [0.5, 0.6) is 5.75 Å². The molecule has 1 aromatic heterocycles. The Kier molecular flexibility index (Phi) is 5.63. The second kappa shape index (κ2) is 8.10. The summed E-state index contributed by atoms with van der Waals surface area (Å²) < 4.78 is 30.6. The first kappa shape index (κ1) is 18.1. The number of ether oxygens (including phenoxy) is 1. The van der Waals surface area contributed by atoms with Crippen LogP contribution in [-0.4, -0.2) is 16.4 Å². The van der Waals surface area contributed by atoms with Gasteiger partial charge in [-0.15, -0.1) is 0 Å². The van der Waals surface area contributed by atoms with Crippen molar-refractivity contribution in [2.75, 3.05) is 0 Å². The summed E-state index contributed by atoms with van der Waals surface area (Å²) in [5.74, 6) is 0.164. The number of hydrogen-bond donors (Lipinski definition) is 1. The van der Waals surface area contributed by atoms with Crippen molar-refractivity contribution < 1.29 is 13.5 Å². The summed E-state index contributed by atoms with van der Waals surface area (Å²) in [6.45, 7) is 1.94. The minimum Gasteiger partial charge on any atom is -0.435 e. The second-order valence-corrected chi connectivity index (χ2v) is 6.06. The highest BCUT2D eigenvalue weighted by Gasteiger charge is 2.14. The number of aromatic nitrogens is 2. The standard InChI is InChI=1S/C20H21F2N3O/c1-14(23-12-16-8-10-18(11-9-16)26-20(21)22)19-13-24-25(15(19)2)17-6-4-3-5-7-17/h3-11,13-14,20,23H,12H2,1-2H3. The van der Waals surface area contributed by atoms with Crippen LogP contribution >= 0.6 is 0 Å². The molecular formula is C20H21F2N3O. The molecule has 1 atom stereocenters. The molecule has 136 valence electrons. The maximum atomic E-state index is 12.2. The summed E-state index contributed by atoms with van der Waals surface area (Å²) >= 11 is 0. The van der Waals surface area contributed by atoms with E-state index in [1.165, 1.54) is 0 Å². The molecule has 1 unspecified atom stereocenters. The van der Waals surface area contributed by atoms with E-state index in [0.717, 1.165) is 22.5 Å². The van der Waals surface area contributed by atoms with Crippen LogP contribution in [0, 0.1) is 6.92 Å². The van der Waals surface area contributed by atoms with Gasteiger partial charge in [0.1, 0.15) is 5.75 Å². The Morgan fingerprint density at radius 2 is 1.77 bits per heavy atom. The fraction of sp³-hybridized carbons (Fsp3) is 0.250. The van der Waals surface area contributed by atoms with Crippen LogP contribution in [0.15, 0.2) is 60.8 Å². The largest absolute Gasteiger partial charge is 0.435 e. The number of nitrogens with one attached hydrogen (secondary N) is 1. The first-order valence-corrected chi connectivity index (χ1v) is 8.41. The maximum absolute atomic E-state index is 12.2. The van der Waals surface area contributed by atoms with Gasteiger partial charge in [-0.25, -0.2) is 4.68 Å². The highest BCUT2D eigenvalue weighted by molar-refractivity contribution is 5.35. The zero-order valence-electron chi connectivity index (χ0n) is 14.7. The lowest BCUT2D eigenvalue weighted by Gasteiger charge is -2.14. The molecule has 0 radical (unpaired) electrons. The molecule has 0 amide bonds. The van der Waals surface area contributed by atoms with Crippen molar-refractivity contribution in [1.82, 2.24) is 15.1 Å². The lowest BCUT2D eigenvalue weighted by molar-refractivity contribution is -0.0498. The van der Waals surface area contributed by atoms with Gasteiger partial charge in [0.2, 0.25) is 0 Å². The minimum atomic E-state index is -2.80. The number of para-hydroxylation sites is 1. The van der Waals surface area contributed by atoms with Crippen LogP contribution in [0.4, 0.5) is 8.78 Å². The van der Waals surface area contributed by atoms with Crippen LogP contribution in [-0.2, 0) is 6.54 Å². The van der Waals surface area contributed by atoms with Gasteiger partial charge in [0.05, 0.1) is 11.9 Å². The molecule has 1 heterocycles. The van der Waals surface area contributed by atoms with E-state index >= 15 is 0 Å². The van der Waals surface area contributed by atoms with Gasteiger partial charge < -0.3 is 10.1 Å². The highest BCUT2D eigenvalue weighted by Crippen LogP contribution is 2.21. The summed E-state index contributed by atoms with van der Waals surface area (Å²) in [4.78, 5) is 0. The molecule has 6 heteroatoms. The lowest BCUT2D eigenvalue weighted by Crippen LogP contribution is -2.18. The van der Waals surface area contributed by atoms with Gasteiger partial charge in [0, 0.05) is 23.8 Å². The molecule has 0 aliphatic rings. The van der Waals surface area contributed by atoms with Crippen molar-refractivity contribution in [2.24, 2.45) is 0 Å². The highest BCUT2D eigenvalue weighted by atomic mass is 19.3. The van der Waals surface area contributed by atoms with E-state index in [0.29, 0.717) is 6.54 Å². The van der Waals surface area contributed by atoms with Crippen LogP contribution in [0.3, 0.4) is 0 Å². The third-order valence-electron chi connectivity index (χ3n) is 4.28. The number of rotatable bonds is 7. The van der Waals surface area contributed by atoms with Crippen LogP contribution in [0.2, 0.25) is 0 Å². The Labute approximate surface area is 151 Å². The first-order chi connectivity index (χ1) is 12.5. The van der Waals surface area contributed by atoms with E-state index in [-0.39, 0.29) is 11.8 Å². The molecule has 0 aliphatic heterocycles. The molecule has 3 aromatic rings. The fourth-order valence-electron chi connectivity index (χ4n) is 2.85. The molecule has 0 saturated carbocycles. The van der Waals surface area contributed by atoms with Crippen molar-refractivity contribution in [3.8, 4) is 11.4 Å². The quantitative estimate of drug-likeness (QED) is 0.670. The average Bonchev–Trinajstić information content (AvgIpc) is 3.03. The van der Waals surface area contributed by atoms with Crippen LogP contribution in [0.25, 0.3) is 5.69 Å². The predicted octanol–water partition coefficient (Wildman–Crippen LogP) is 4.63. The van der Waals surface area contributed by atoms with Crippen molar-refractivity contribution in [3.63, 3.8) is 0 Å². The lowest BCUT2D eigenvalue weighted by atomic mass is 10.1. The molecule has 0 bridgehead atoms. The van der Waals surface area contributed by atoms with Gasteiger partial charge in [-0.2, -0.15) is 13.9 Å². The smallest absolute Gasteiger partial charge is 0.387 e. The Morgan fingerprint density at radius 1 is 1.08 bits per heavy atom. The summed E-state index contributed by atoms with van der Waals surface area (Å²) in [7, 11) is 0. The van der Waals surface area contributed by atoms with E-state index in [1.54, 1.807) is 24.3 Å². The van der Waals surface area contributed by atoms with Crippen molar-refractivity contribution in [1.29, 1.82) is 0 Å².